The van der Waals surface area contributed by atoms with E-state index in [2.05, 4.69) is 6.07 Å². The van der Waals surface area contributed by atoms with Gasteiger partial charge in [0.25, 0.3) is 0 Å². The Morgan fingerprint density at radius 3 is 2.75 bits per heavy atom. The van der Waals surface area contributed by atoms with Gasteiger partial charge >= 0.3 is 0 Å². The van der Waals surface area contributed by atoms with E-state index in [0.717, 1.165) is 5.56 Å². The molecule has 1 fully saturated rings. The minimum atomic E-state index is -1.43. The third-order valence-electron chi connectivity index (χ3n) is 4.27. The van der Waals surface area contributed by atoms with Gasteiger partial charge in [-0.25, -0.2) is 0 Å². The van der Waals surface area contributed by atoms with Crippen molar-refractivity contribution in [1.82, 2.24) is 0 Å². The molecule has 6 nitrogen and oxygen atoms in total. The summed E-state index contributed by atoms with van der Waals surface area (Å²) in [5, 5.41) is 19.3. The van der Waals surface area contributed by atoms with Crippen molar-refractivity contribution in [2.45, 2.75) is 51.2 Å². The Morgan fingerprint density at radius 1 is 1.42 bits per heavy atom. The van der Waals surface area contributed by atoms with E-state index in [1.165, 1.54) is 14.0 Å². The molecule has 1 aromatic rings. The van der Waals surface area contributed by atoms with Crippen molar-refractivity contribution in [3.8, 4) is 6.07 Å². The number of hydrogen-bond donors (Lipinski definition) is 1. The summed E-state index contributed by atoms with van der Waals surface area (Å²) in [5.74, 6) is -1.69. The maximum absolute atomic E-state index is 10.1. The zero-order valence-electron chi connectivity index (χ0n) is 14.3. The Labute approximate surface area is 142 Å². The average Bonchev–Trinajstić information content (AvgIpc) is 2.61. The lowest BCUT2D eigenvalue weighted by Gasteiger charge is -2.38. The number of benzene rings is 1. The van der Waals surface area contributed by atoms with Gasteiger partial charge in [-0.2, -0.15) is 5.26 Å². The van der Waals surface area contributed by atoms with Crippen LogP contribution in [0.2, 0.25) is 0 Å². The first-order valence-corrected chi connectivity index (χ1v) is 8.06. The van der Waals surface area contributed by atoms with E-state index in [1.807, 2.05) is 30.3 Å². The second-order valence-corrected chi connectivity index (χ2v) is 6.14. The number of rotatable bonds is 7. The molecule has 1 aliphatic heterocycles. The number of nitrogens with zero attached hydrogens (tertiary/aromatic N) is 1. The van der Waals surface area contributed by atoms with Crippen molar-refractivity contribution in [1.29, 1.82) is 5.26 Å². The van der Waals surface area contributed by atoms with E-state index in [9.17, 15) is 5.11 Å². The molecule has 1 N–H and O–H groups in total. The molecular formula is C18H25NO5. The number of aliphatic hydroxyl groups is 1. The van der Waals surface area contributed by atoms with Crippen LogP contribution in [0.25, 0.3) is 0 Å². The summed E-state index contributed by atoms with van der Waals surface area (Å²) in [7, 11) is 1.42. The van der Waals surface area contributed by atoms with Crippen LogP contribution in [0.4, 0.5) is 0 Å². The van der Waals surface area contributed by atoms with Gasteiger partial charge in [0.15, 0.2) is 12.1 Å². The van der Waals surface area contributed by atoms with Crippen LogP contribution in [0, 0.1) is 17.2 Å². The number of methoxy groups -OCH3 is 1. The first-order valence-electron chi connectivity index (χ1n) is 8.06. The van der Waals surface area contributed by atoms with Gasteiger partial charge in [0.2, 0.25) is 0 Å². The van der Waals surface area contributed by atoms with Gasteiger partial charge in [-0.15, -0.1) is 0 Å². The summed E-state index contributed by atoms with van der Waals surface area (Å²) in [6, 6.07) is 12.0. The first-order chi connectivity index (χ1) is 11.5. The van der Waals surface area contributed by atoms with Gasteiger partial charge in [0.05, 0.1) is 25.2 Å². The Kier molecular flexibility index (Phi) is 6.72. The zero-order valence-corrected chi connectivity index (χ0v) is 14.3. The van der Waals surface area contributed by atoms with Crippen LogP contribution >= 0.6 is 0 Å². The van der Waals surface area contributed by atoms with Gasteiger partial charge in [-0.05, 0) is 25.8 Å². The normalized spacial score (nSPS) is 27.9. The molecule has 0 spiro atoms. The molecule has 5 atom stereocenters. The van der Waals surface area contributed by atoms with Crippen LogP contribution in [0.3, 0.4) is 0 Å². The minimum Gasteiger partial charge on any atom is -0.364 e. The van der Waals surface area contributed by atoms with Gasteiger partial charge in [-0.3, -0.25) is 0 Å². The van der Waals surface area contributed by atoms with E-state index < -0.39 is 24.3 Å². The Balaban J connectivity index is 2.00. The second kappa shape index (κ2) is 8.56. The Bertz CT molecular complexity index is 542. The zero-order chi connectivity index (χ0) is 17.6. The molecule has 24 heavy (non-hydrogen) atoms. The average molecular weight is 335 g/mol. The maximum Gasteiger partial charge on any atom is 0.188 e. The summed E-state index contributed by atoms with van der Waals surface area (Å²) >= 11 is 0. The largest absolute Gasteiger partial charge is 0.364 e. The smallest absolute Gasteiger partial charge is 0.188 e. The summed E-state index contributed by atoms with van der Waals surface area (Å²) in [6.07, 6.45) is -1.16. The molecule has 0 saturated carbocycles. The molecule has 1 aromatic carbocycles. The SMILES string of the molecule is CO[C@@](C)(O)C(C)O[C@H]1C[C@H](C#N)CO[C@H]1OCc1ccccc1. The van der Waals surface area contributed by atoms with Gasteiger partial charge in [0.1, 0.15) is 12.2 Å². The Hall–Kier alpha value is -1.49. The second-order valence-electron chi connectivity index (χ2n) is 6.14. The van der Waals surface area contributed by atoms with Gasteiger partial charge < -0.3 is 24.1 Å². The number of nitriles is 1. The highest BCUT2D eigenvalue weighted by atomic mass is 16.7. The third-order valence-corrected chi connectivity index (χ3v) is 4.27. The highest BCUT2D eigenvalue weighted by molar-refractivity contribution is 5.13. The fourth-order valence-electron chi connectivity index (χ4n) is 2.45. The van der Waals surface area contributed by atoms with Crippen LogP contribution in [0.1, 0.15) is 25.8 Å². The molecule has 132 valence electrons. The highest BCUT2D eigenvalue weighted by Gasteiger charge is 2.38. The van der Waals surface area contributed by atoms with Crippen molar-refractivity contribution in [3.63, 3.8) is 0 Å². The van der Waals surface area contributed by atoms with Crippen molar-refractivity contribution >= 4 is 0 Å². The van der Waals surface area contributed by atoms with E-state index in [-0.39, 0.29) is 5.92 Å². The molecule has 1 aliphatic rings. The fourth-order valence-corrected chi connectivity index (χ4v) is 2.45. The molecule has 1 unspecified atom stereocenters. The lowest BCUT2D eigenvalue weighted by atomic mass is 10.0. The van der Waals surface area contributed by atoms with Gasteiger partial charge in [-0.1, -0.05) is 30.3 Å². The van der Waals surface area contributed by atoms with E-state index in [0.29, 0.717) is 19.6 Å². The summed E-state index contributed by atoms with van der Waals surface area (Å²) in [6.45, 7) is 3.94. The molecule has 1 heterocycles. The highest BCUT2D eigenvalue weighted by Crippen LogP contribution is 2.27. The lowest BCUT2D eigenvalue weighted by molar-refractivity contribution is -0.293. The third kappa shape index (κ3) is 5.00. The molecule has 0 amide bonds. The predicted molar refractivity (Wildman–Crippen MR) is 86.7 cm³/mol. The Morgan fingerprint density at radius 2 is 2.12 bits per heavy atom. The topological polar surface area (TPSA) is 80.9 Å². The monoisotopic (exact) mass is 335 g/mol. The van der Waals surface area contributed by atoms with Crippen LogP contribution in [0.5, 0.6) is 0 Å². The molecule has 0 radical (unpaired) electrons. The van der Waals surface area contributed by atoms with Gasteiger partial charge in [0, 0.05) is 7.11 Å². The number of hydrogen-bond acceptors (Lipinski definition) is 6. The summed E-state index contributed by atoms with van der Waals surface area (Å²) < 4.78 is 22.5. The van der Waals surface area contributed by atoms with Crippen LogP contribution in [0.15, 0.2) is 30.3 Å². The van der Waals surface area contributed by atoms with Crippen LogP contribution < -0.4 is 0 Å². The minimum absolute atomic E-state index is 0.258. The maximum atomic E-state index is 10.1. The van der Waals surface area contributed by atoms with Crippen molar-refractivity contribution in [2.24, 2.45) is 5.92 Å². The van der Waals surface area contributed by atoms with E-state index in [4.69, 9.17) is 24.2 Å². The molecule has 0 aromatic heterocycles. The van der Waals surface area contributed by atoms with Crippen LogP contribution in [-0.4, -0.2) is 43.1 Å². The van der Waals surface area contributed by atoms with Crippen molar-refractivity contribution in [3.05, 3.63) is 35.9 Å². The van der Waals surface area contributed by atoms with Crippen LogP contribution in [-0.2, 0) is 25.6 Å². The summed E-state index contributed by atoms with van der Waals surface area (Å²) in [4.78, 5) is 0. The molecule has 2 rings (SSSR count). The molecule has 1 saturated heterocycles. The molecule has 0 aliphatic carbocycles. The lowest BCUT2D eigenvalue weighted by Crippen LogP contribution is -2.48. The van der Waals surface area contributed by atoms with E-state index in [1.54, 1.807) is 6.92 Å². The van der Waals surface area contributed by atoms with Crippen molar-refractivity contribution in [2.75, 3.05) is 13.7 Å². The quantitative estimate of drug-likeness (QED) is 0.770. The fraction of sp³-hybridized carbons (Fsp3) is 0.611. The molecular weight excluding hydrogens is 310 g/mol. The number of ether oxygens (including phenoxy) is 4. The summed E-state index contributed by atoms with van der Waals surface area (Å²) in [5.41, 5.74) is 1.03. The standard InChI is InChI=1S/C18H25NO5/c1-13(18(2,20)21-3)24-16-9-15(10-19)12-23-17(16)22-11-14-7-5-4-6-8-14/h4-8,13,15-17,20H,9,11-12H2,1-3H3/t13?,15-,16+,17-,18-/m1/s1. The van der Waals surface area contributed by atoms with Crippen molar-refractivity contribution < 1.29 is 24.1 Å². The molecule has 0 bridgehead atoms. The predicted octanol–water partition coefficient (Wildman–Crippen LogP) is 2.22. The van der Waals surface area contributed by atoms with E-state index >= 15 is 0 Å². The molecule has 6 heteroatoms. The first kappa shape index (κ1) is 18.8.